The number of benzene rings is 1. The number of hydrogen-bond donors (Lipinski definition) is 1. The molecule has 4 rings (SSSR count). The first kappa shape index (κ1) is 15.1. The number of nitrogens with one attached hydrogen (secondary N) is 1. The Morgan fingerprint density at radius 1 is 1.16 bits per heavy atom. The summed E-state index contributed by atoms with van der Waals surface area (Å²) in [5.74, 6) is 2.40. The van der Waals surface area contributed by atoms with Crippen LogP contribution >= 0.6 is 0 Å². The van der Waals surface area contributed by atoms with E-state index in [1.807, 2.05) is 18.2 Å². The van der Waals surface area contributed by atoms with Gasteiger partial charge < -0.3 is 28.5 Å². The predicted octanol–water partition coefficient (Wildman–Crippen LogP) is 2.99. The maximum Gasteiger partial charge on any atom is 0.414 e. The number of carbonyl (C=O) groups is 1. The van der Waals surface area contributed by atoms with Crippen molar-refractivity contribution >= 4 is 6.09 Å². The summed E-state index contributed by atoms with van der Waals surface area (Å²) in [4.78, 5) is 11.8. The Hall–Kier alpha value is -3.42. The van der Waals surface area contributed by atoms with Crippen LogP contribution in [-0.2, 0) is 6.42 Å². The van der Waals surface area contributed by atoms with Crippen molar-refractivity contribution in [3.8, 4) is 28.9 Å². The normalized spacial score (nSPS) is 12.2. The van der Waals surface area contributed by atoms with Gasteiger partial charge in [0.1, 0.15) is 0 Å². The summed E-state index contributed by atoms with van der Waals surface area (Å²) in [6.45, 7) is 0.641. The molecule has 3 heterocycles. The zero-order chi connectivity index (χ0) is 17.1. The van der Waals surface area contributed by atoms with Crippen LogP contribution in [0.4, 0.5) is 4.79 Å². The van der Waals surface area contributed by atoms with Crippen molar-refractivity contribution in [1.29, 1.82) is 0 Å². The van der Waals surface area contributed by atoms with E-state index in [9.17, 15) is 4.79 Å². The maximum atomic E-state index is 11.8. The van der Waals surface area contributed by atoms with Crippen LogP contribution in [0, 0.1) is 0 Å². The third kappa shape index (κ3) is 3.42. The molecular weight excluding hydrogens is 328 g/mol. The van der Waals surface area contributed by atoms with Gasteiger partial charge in [-0.2, -0.15) is 0 Å². The van der Waals surface area contributed by atoms with Gasteiger partial charge in [-0.1, -0.05) is 6.07 Å². The number of hydrogen-bond acceptors (Lipinski definition) is 7. The standard InChI is InChI=1S/C17H14N2O6/c20-17(24-16-9-15(25-19-16)12-2-1-7-21-12)18-6-5-11-3-4-13-14(8-11)23-10-22-13/h1-4,7-9H,5-6,10H2,(H,18,20). The largest absolute Gasteiger partial charge is 0.461 e. The Labute approximate surface area is 142 Å². The molecule has 0 unspecified atom stereocenters. The lowest BCUT2D eigenvalue weighted by atomic mass is 10.1. The lowest BCUT2D eigenvalue weighted by molar-refractivity contribution is 0.174. The number of aromatic nitrogens is 1. The molecule has 0 saturated heterocycles. The van der Waals surface area contributed by atoms with Crippen LogP contribution in [0.1, 0.15) is 5.56 Å². The molecule has 1 aliphatic heterocycles. The molecule has 1 aromatic carbocycles. The third-order valence-electron chi connectivity index (χ3n) is 3.57. The number of furan rings is 1. The summed E-state index contributed by atoms with van der Waals surface area (Å²) < 4.78 is 25.9. The van der Waals surface area contributed by atoms with Crippen LogP contribution in [0.2, 0.25) is 0 Å². The van der Waals surface area contributed by atoms with Crippen molar-refractivity contribution in [3.05, 3.63) is 48.2 Å². The molecule has 0 atom stereocenters. The van der Waals surface area contributed by atoms with Gasteiger partial charge in [-0.25, -0.2) is 4.79 Å². The van der Waals surface area contributed by atoms with E-state index >= 15 is 0 Å². The van der Waals surface area contributed by atoms with E-state index in [1.54, 1.807) is 12.1 Å². The van der Waals surface area contributed by atoms with Gasteiger partial charge >= 0.3 is 6.09 Å². The lowest BCUT2D eigenvalue weighted by Gasteiger charge is -2.05. The molecule has 0 fully saturated rings. The predicted molar refractivity (Wildman–Crippen MR) is 84.5 cm³/mol. The summed E-state index contributed by atoms with van der Waals surface area (Å²) in [5, 5.41) is 6.32. The van der Waals surface area contributed by atoms with Crippen molar-refractivity contribution in [2.24, 2.45) is 0 Å². The summed E-state index contributed by atoms with van der Waals surface area (Å²) in [5.41, 5.74) is 1.02. The van der Waals surface area contributed by atoms with E-state index in [-0.39, 0.29) is 12.7 Å². The van der Waals surface area contributed by atoms with Crippen molar-refractivity contribution in [2.45, 2.75) is 6.42 Å². The topological polar surface area (TPSA) is 96.0 Å². The van der Waals surface area contributed by atoms with Crippen LogP contribution in [0.3, 0.4) is 0 Å². The zero-order valence-electron chi connectivity index (χ0n) is 13.1. The minimum absolute atomic E-state index is 0.0620. The Kier molecular flexibility index (Phi) is 3.99. The minimum Gasteiger partial charge on any atom is -0.461 e. The molecule has 1 aliphatic rings. The fraction of sp³-hybridized carbons (Fsp3) is 0.176. The summed E-state index contributed by atoms with van der Waals surface area (Å²) in [7, 11) is 0. The number of ether oxygens (including phenoxy) is 3. The van der Waals surface area contributed by atoms with Gasteiger partial charge in [-0.05, 0) is 41.4 Å². The highest BCUT2D eigenvalue weighted by Gasteiger charge is 2.14. The molecule has 0 bridgehead atoms. The van der Waals surface area contributed by atoms with Gasteiger partial charge in [0, 0.05) is 6.54 Å². The Bertz CT molecular complexity index is 871. The minimum atomic E-state index is -0.611. The van der Waals surface area contributed by atoms with Crippen LogP contribution < -0.4 is 19.5 Å². The zero-order valence-corrected chi connectivity index (χ0v) is 13.1. The quantitative estimate of drug-likeness (QED) is 0.761. The van der Waals surface area contributed by atoms with Gasteiger partial charge in [-0.3, -0.25) is 0 Å². The van der Waals surface area contributed by atoms with Gasteiger partial charge in [0.05, 0.1) is 12.3 Å². The third-order valence-corrected chi connectivity index (χ3v) is 3.57. The van der Waals surface area contributed by atoms with Gasteiger partial charge in [-0.15, -0.1) is 0 Å². The summed E-state index contributed by atoms with van der Waals surface area (Å²) in [6.07, 6.45) is 1.53. The Balaban J connectivity index is 1.27. The second kappa shape index (κ2) is 6.60. The highest BCUT2D eigenvalue weighted by atomic mass is 16.7. The second-order valence-corrected chi connectivity index (χ2v) is 5.26. The average Bonchev–Trinajstić information content (AvgIpc) is 3.35. The molecule has 2 aromatic heterocycles. The molecule has 128 valence electrons. The summed E-state index contributed by atoms with van der Waals surface area (Å²) >= 11 is 0. The molecule has 0 saturated carbocycles. The molecular formula is C17H14N2O6. The smallest absolute Gasteiger partial charge is 0.414 e. The Morgan fingerprint density at radius 3 is 2.96 bits per heavy atom. The van der Waals surface area contributed by atoms with E-state index in [4.69, 9.17) is 23.2 Å². The lowest BCUT2D eigenvalue weighted by Crippen LogP contribution is -2.28. The van der Waals surface area contributed by atoms with Crippen LogP contribution in [0.5, 0.6) is 17.4 Å². The first-order valence-electron chi connectivity index (χ1n) is 7.63. The highest BCUT2D eigenvalue weighted by Crippen LogP contribution is 2.32. The molecule has 8 heteroatoms. The fourth-order valence-electron chi connectivity index (χ4n) is 2.38. The molecule has 25 heavy (non-hydrogen) atoms. The second-order valence-electron chi connectivity index (χ2n) is 5.26. The monoisotopic (exact) mass is 342 g/mol. The van der Waals surface area contributed by atoms with Crippen LogP contribution in [-0.4, -0.2) is 24.6 Å². The van der Waals surface area contributed by atoms with E-state index in [2.05, 4.69) is 10.5 Å². The maximum absolute atomic E-state index is 11.8. The molecule has 0 aliphatic carbocycles. The first-order chi connectivity index (χ1) is 12.3. The van der Waals surface area contributed by atoms with Crippen LogP contribution in [0.15, 0.2) is 51.6 Å². The van der Waals surface area contributed by atoms with Gasteiger partial charge in [0.15, 0.2) is 17.3 Å². The van der Waals surface area contributed by atoms with E-state index < -0.39 is 6.09 Å². The average molecular weight is 342 g/mol. The molecule has 1 amide bonds. The van der Waals surface area contributed by atoms with E-state index in [1.165, 1.54) is 12.3 Å². The van der Waals surface area contributed by atoms with Gasteiger partial charge in [0.25, 0.3) is 5.88 Å². The van der Waals surface area contributed by atoms with Gasteiger partial charge in [0.2, 0.25) is 12.6 Å². The number of amides is 1. The van der Waals surface area contributed by atoms with Crippen molar-refractivity contribution in [2.75, 3.05) is 13.3 Å². The first-order valence-corrected chi connectivity index (χ1v) is 7.63. The Morgan fingerprint density at radius 2 is 2.08 bits per heavy atom. The summed E-state index contributed by atoms with van der Waals surface area (Å²) in [6, 6.07) is 10.6. The number of carbonyl (C=O) groups excluding carboxylic acids is 1. The molecule has 8 nitrogen and oxygen atoms in total. The highest BCUT2D eigenvalue weighted by molar-refractivity contribution is 5.70. The number of nitrogens with zero attached hydrogens (tertiary/aromatic N) is 1. The van der Waals surface area contributed by atoms with E-state index in [0.29, 0.717) is 30.2 Å². The molecule has 3 aromatic rings. The van der Waals surface area contributed by atoms with Crippen molar-refractivity contribution < 1.29 is 27.9 Å². The number of fused-ring (bicyclic) bond motifs is 1. The number of rotatable bonds is 5. The molecule has 0 spiro atoms. The van der Waals surface area contributed by atoms with Crippen molar-refractivity contribution in [1.82, 2.24) is 10.5 Å². The fourth-order valence-corrected chi connectivity index (χ4v) is 2.38. The SMILES string of the molecule is O=C(NCCc1ccc2c(c1)OCO2)Oc1cc(-c2ccco2)on1. The van der Waals surface area contributed by atoms with Crippen LogP contribution in [0.25, 0.3) is 11.5 Å². The van der Waals surface area contributed by atoms with E-state index in [0.717, 1.165) is 11.3 Å². The molecule has 1 N–H and O–H groups in total. The molecule has 0 radical (unpaired) electrons. The van der Waals surface area contributed by atoms with Crippen molar-refractivity contribution in [3.63, 3.8) is 0 Å².